The second kappa shape index (κ2) is 5.55. The van der Waals surface area contributed by atoms with E-state index in [4.69, 9.17) is 4.98 Å². The number of fused-ring (bicyclic) bond motifs is 1. The summed E-state index contributed by atoms with van der Waals surface area (Å²) >= 11 is 0. The van der Waals surface area contributed by atoms with Gasteiger partial charge in [0.1, 0.15) is 11.6 Å². The third-order valence-electron chi connectivity index (χ3n) is 3.39. The van der Waals surface area contributed by atoms with E-state index in [0.717, 1.165) is 24.2 Å². The summed E-state index contributed by atoms with van der Waals surface area (Å²) < 4.78 is 2.17. The molecule has 0 N–H and O–H groups in total. The van der Waals surface area contributed by atoms with Gasteiger partial charge in [0, 0.05) is 19.9 Å². The third-order valence-corrected chi connectivity index (χ3v) is 3.39. The van der Waals surface area contributed by atoms with Gasteiger partial charge in [-0.1, -0.05) is 19.9 Å². The predicted octanol–water partition coefficient (Wildman–Crippen LogP) is 3.29. The molecular weight excluding hydrogens is 236 g/mol. The quantitative estimate of drug-likeness (QED) is 0.824. The molecule has 1 aromatic heterocycles. The van der Waals surface area contributed by atoms with E-state index in [-0.39, 0.29) is 5.78 Å². The van der Waals surface area contributed by atoms with Crippen molar-refractivity contribution in [2.24, 2.45) is 13.0 Å². The summed E-state index contributed by atoms with van der Waals surface area (Å²) in [5, 5.41) is 0. The molecular formula is C16H22N2O. The van der Waals surface area contributed by atoms with Crippen molar-refractivity contribution in [3.63, 3.8) is 0 Å². The molecule has 1 heterocycles. The Morgan fingerprint density at radius 1 is 1.37 bits per heavy atom. The lowest BCUT2D eigenvalue weighted by molar-refractivity contribution is -0.116. The van der Waals surface area contributed by atoms with E-state index in [1.54, 1.807) is 6.92 Å². The Balaban J connectivity index is 2.30. The molecule has 0 radical (unpaired) electrons. The van der Waals surface area contributed by atoms with Crippen LogP contribution < -0.4 is 0 Å². The molecule has 102 valence electrons. The zero-order valence-electron chi connectivity index (χ0n) is 12.2. The molecule has 3 nitrogen and oxygen atoms in total. The number of carbonyl (C=O) groups is 1. The second-order valence-corrected chi connectivity index (χ2v) is 5.71. The van der Waals surface area contributed by atoms with Crippen molar-refractivity contribution in [1.29, 1.82) is 0 Å². The van der Waals surface area contributed by atoms with Gasteiger partial charge in [0.2, 0.25) is 0 Å². The molecule has 0 saturated heterocycles. The van der Waals surface area contributed by atoms with E-state index in [9.17, 15) is 4.79 Å². The third kappa shape index (κ3) is 3.22. The first kappa shape index (κ1) is 13.8. The average molecular weight is 258 g/mol. The largest absolute Gasteiger partial charge is 0.331 e. The van der Waals surface area contributed by atoms with Crippen LogP contribution in [0.2, 0.25) is 0 Å². The van der Waals surface area contributed by atoms with Crippen LogP contribution in [0.4, 0.5) is 0 Å². The number of rotatable bonds is 5. The van der Waals surface area contributed by atoms with Gasteiger partial charge in [-0.25, -0.2) is 4.98 Å². The van der Waals surface area contributed by atoms with Gasteiger partial charge in [-0.3, -0.25) is 0 Å². The fraction of sp³-hybridized carbons (Fsp3) is 0.500. The van der Waals surface area contributed by atoms with Crippen molar-refractivity contribution in [3.05, 3.63) is 29.6 Å². The van der Waals surface area contributed by atoms with Crippen molar-refractivity contribution in [1.82, 2.24) is 9.55 Å². The average Bonchev–Trinajstić information content (AvgIpc) is 2.63. The van der Waals surface area contributed by atoms with Crippen LogP contribution in [0, 0.1) is 5.92 Å². The second-order valence-electron chi connectivity index (χ2n) is 5.71. The number of ketones is 1. The lowest BCUT2D eigenvalue weighted by Crippen LogP contribution is -2.02. The van der Waals surface area contributed by atoms with Crippen molar-refractivity contribution in [2.75, 3.05) is 0 Å². The molecule has 3 heteroatoms. The summed E-state index contributed by atoms with van der Waals surface area (Å²) in [7, 11) is 2.07. The summed E-state index contributed by atoms with van der Waals surface area (Å²) in [4.78, 5) is 15.8. The van der Waals surface area contributed by atoms with Crippen LogP contribution in [0.25, 0.3) is 11.0 Å². The molecule has 0 fully saturated rings. The van der Waals surface area contributed by atoms with Crippen molar-refractivity contribution < 1.29 is 4.79 Å². The predicted molar refractivity (Wildman–Crippen MR) is 78.3 cm³/mol. The Bertz CT molecular complexity index is 596. The minimum absolute atomic E-state index is 0.238. The summed E-state index contributed by atoms with van der Waals surface area (Å²) in [6.45, 7) is 6.05. The zero-order chi connectivity index (χ0) is 14.0. The van der Waals surface area contributed by atoms with Gasteiger partial charge < -0.3 is 9.36 Å². The van der Waals surface area contributed by atoms with Gasteiger partial charge in [-0.2, -0.15) is 0 Å². The van der Waals surface area contributed by atoms with Crippen LogP contribution in [-0.4, -0.2) is 15.3 Å². The molecule has 0 aliphatic rings. The molecule has 1 aromatic carbocycles. The molecule has 0 aliphatic heterocycles. The normalized spacial score (nSPS) is 11.4. The van der Waals surface area contributed by atoms with E-state index in [1.807, 2.05) is 0 Å². The maximum absolute atomic E-state index is 11.0. The maximum atomic E-state index is 11.0. The first-order valence-corrected chi connectivity index (χ1v) is 6.91. The fourth-order valence-electron chi connectivity index (χ4n) is 2.32. The molecule has 0 amide bonds. The molecule has 2 aromatic rings. The summed E-state index contributed by atoms with van der Waals surface area (Å²) in [5.74, 6) is 1.98. The van der Waals surface area contributed by atoms with Crippen molar-refractivity contribution >= 4 is 16.8 Å². The number of hydrogen-bond acceptors (Lipinski definition) is 2. The number of nitrogens with zero attached hydrogens (tertiary/aromatic N) is 2. The van der Waals surface area contributed by atoms with Crippen LogP contribution in [-0.2, 0) is 24.7 Å². The van der Waals surface area contributed by atoms with Gasteiger partial charge in [-0.15, -0.1) is 0 Å². The molecule has 0 saturated carbocycles. The SMILES string of the molecule is CC(=O)CCc1ccc2c(c1)nc(CC(C)C)n2C. The molecule has 0 atom stereocenters. The summed E-state index contributed by atoms with van der Waals surface area (Å²) in [6, 6.07) is 6.33. The van der Waals surface area contributed by atoms with Gasteiger partial charge in [0.15, 0.2) is 0 Å². The van der Waals surface area contributed by atoms with Crippen LogP contribution in [0.5, 0.6) is 0 Å². The molecule has 0 unspecified atom stereocenters. The molecule has 19 heavy (non-hydrogen) atoms. The minimum Gasteiger partial charge on any atom is -0.331 e. The van der Waals surface area contributed by atoms with Gasteiger partial charge in [0.05, 0.1) is 11.0 Å². The highest BCUT2D eigenvalue weighted by molar-refractivity contribution is 5.78. The van der Waals surface area contributed by atoms with Gasteiger partial charge in [0.25, 0.3) is 0 Å². The van der Waals surface area contributed by atoms with Crippen LogP contribution in [0.1, 0.15) is 38.6 Å². The van der Waals surface area contributed by atoms with Gasteiger partial charge in [-0.05, 0) is 37.0 Å². The molecule has 2 rings (SSSR count). The van der Waals surface area contributed by atoms with E-state index in [0.29, 0.717) is 12.3 Å². The first-order chi connectivity index (χ1) is 8.97. The zero-order valence-corrected chi connectivity index (χ0v) is 12.2. The number of imidazole rings is 1. The summed E-state index contributed by atoms with van der Waals surface area (Å²) in [5.41, 5.74) is 3.40. The van der Waals surface area contributed by atoms with Gasteiger partial charge >= 0.3 is 0 Å². The van der Waals surface area contributed by atoms with Crippen LogP contribution >= 0.6 is 0 Å². The fourth-order valence-corrected chi connectivity index (χ4v) is 2.32. The maximum Gasteiger partial charge on any atom is 0.130 e. The highest BCUT2D eigenvalue weighted by atomic mass is 16.1. The smallest absolute Gasteiger partial charge is 0.130 e. The topological polar surface area (TPSA) is 34.9 Å². The monoisotopic (exact) mass is 258 g/mol. The Morgan fingerprint density at radius 2 is 2.11 bits per heavy atom. The van der Waals surface area contributed by atoms with E-state index >= 15 is 0 Å². The Hall–Kier alpha value is -1.64. The highest BCUT2D eigenvalue weighted by Crippen LogP contribution is 2.19. The number of benzene rings is 1. The number of aromatic nitrogens is 2. The molecule has 0 bridgehead atoms. The van der Waals surface area contributed by atoms with Crippen molar-refractivity contribution in [3.8, 4) is 0 Å². The lowest BCUT2D eigenvalue weighted by Gasteiger charge is -2.04. The highest BCUT2D eigenvalue weighted by Gasteiger charge is 2.09. The van der Waals surface area contributed by atoms with E-state index in [1.165, 1.54) is 11.1 Å². The molecule has 0 aliphatic carbocycles. The van der Waals surface area contributed by atoms with Crippen LogP contribution in [0.15, 0.2) is 18.2 Å². The first-order valence-electron chi connectivity index (χ1n) is 6.91. The van der Waals surface area contributed by atoms with Crippen LogP contribution in [0.3, 0.4) is 0 Å². The standard InChI is InChI=1S/C16H22N2O/c1-11(2)9-16-17-14-10-13(6-5-12(3)19)7-8-15(14)18(16)4/h7-8,10-11H,5-6,9H2,1-4H3. The number of carbonyl (C=O) groups excluding carboxylic acids is 1. The Morgan fingerprint density at radius 3 is 2.74 bits per heavy atom. The number of aryl methyl sites for hydroxylation is 2. The van der Waals surface area contributed by atoms with E-state index < -0.39 is 0 Å². The Labute approximate surface area is 114 Å². The van der Waals surface area contributed by atoms with E-state index in [2.05, 4.69) is 43.7 Å². The number of hydrogen-bond donors (Lipinski definition) is 0. The minimum atomic E-state index is 0.238. The summed E-state index contributed by atoms with van der Waals surface area (Å²) in [6.07, 6.45) is 2.41. The molecule has 0 spiro atoms. The van der Waals surface area contributed by atoms with Crippen molar-refractivity contribution in [2.45, 2.75) is 40.0 Å². The Kier molecular flexibility index (Phi) is 4.03. The number of Topliss-reactive ketones (excluding diaryl/α,β-unsaturated/α-hetero) is 1. The lowest BCUT2D eigenvalue weighted by atomic mass is 10.1.